The van der Waals surface area contributed by atoms with E-state index in [1.165, 1.54) is 11.1 Å². The zero-order valence-corrected chi connectivity index (χ0v) is 17.6. The summed E-state index contributed by atoms with van der Waals surface area (Å²) >= 11 is 0. The van der Waals surface area contributed by atoms with Gasteiger partial charge in [-0.1, -0.05) is 48.5 Å². The van der Waals surface area contributed by atoms with Crippen LogP contribution in [0.25, 0.3) is 17.2 Å². The summed E-state index contributed by atoms with van der Waals surface area (Å²) < 4.78 is 1.59. The van der Waals surface area contributed by atoms with Crippen LogP contribution in [-0.4, -0.2) is 30.9 Å². The van der Waals surface area contributed by atoms with E-state index in [-0.39, 0.29) is 11.8 Å². The lowest BCUT2D eigenvalue weighted by Gasteiger charge is -2.24. The van der Waals surface area contributed by atoms with E-state index in [0.717, 1.165) is 22.4 Å². The molecule has 1 aliphatic heterocycles. The third-order valence-electron chi connectivity index (χ3n) is 5.84. The summed E-state index contributed by atoms with van der Waals surface area (Å²) in [5, 5.41) is 16.0. The predicted molar refractivity (Wildman–Crippen MR) is 118 cm³/mol. The highest BCUT2D eigenvalue weighted by atomic mass is 16.1. The highest BCUT2D eigenvalue weighted by Gasteiger charge is 2.33. The quantitative estimate of drug-likeness (QED) is 0.549. The van der Waals surface area contributed by atoms with Gasteiger partial charge in [0.05, 0.1) is 17.6 Å². The average Bonchev–Trinajstić information content (AvgIpc) is 3.12. The van der Waals surface area contributed by atoms with E-state index in [1.807, 2.05) is 37.3 Å². The molecule has 7 heteroatoms. The summed E-state index contributed by atoms with van der Waals surface area (Å²) in [6.45, 7) is 6.13. The minimum absolute atomic E-state index is 0.0518. The lowest BCUT2D eigenvalue weighted by molar-refractivity contribution is -0.116. The maximum atomic E-state index is 12.6. The smallest absolute Gasteiger partial charge is 0.272 e. The van der Waals surface area contributed by atoms with Crippen molar-refractivity contribution in [2.45, 2.75) is 33.1 Å². The number of hydrogen-bond donors (Lipinski definition) is 1. The number of rotatable bonds is 3. The van der Waals surface area contributed by atoms with E-state index >= 15 is 0 Å². The second-order valence-electron chi connectivity index (χ2n) is 7.92. The average molecular weight is 410 g/mol. The summed E-state index contributed by atoms with van der Waals surface area (Å²) in [4.78, 5) is 17.3. The molecule has 0 aliphatic carbocycles. The molecule has 0 radical (unpaired) electrons. The number of amides is 1. The summed E-state index contributed by atoms with van der Waals surface area (Å²) in [5.74, 6) is 0.821. The predicted octanol–water partition coefficient (Wildman–Crippen LogP) is 4.12. The van der Waals surface area contributed by atoms with Gasteiger partial charge in [0.25, 0.3) is 5.95 Å². The Morgan fingerprint density at radius 1 is 1.03 bits per heavy atom. The Labute approximate surface area is 180 Å². The van der Waals surface area contributed by atoms with Crippen LogP contribution < -0.4 is 5.32 Å². The Hall–Kier alpha value is -3.87. The van der Waals surface area contributed by atoms with Crippen LogP contribution >= 0.6 is 0 Å². The monoisotopic (exact) mass is 410 g/mol. The van der Waals surface area contributed by atoms with Gasteiger partial charge in [0.1, 0.15) is 5.82 Å². The van der Waals surface area contributed by atoms with Crippen LogP contribution in [0.2, 0.25) is 0 Å². The molecular formula is C24H22N6O. The summed E-state index contributed by atoms with van der Waals surface area (Å²) in [7, 11) is 0. The van der Waals surface area contributed by atoms with Gasteiger partial charge in [0.15, 0.2) is 0 Å². The molecule has 1 unspecified atom stereocenters. The van der Waals surface area contributed by atoms with E-state index < -0.39 is 0 Å². The van der Waals surface area contributed by atoms with Gasteiger partial charge in [0.2, 0.25) is 5.91 Å². The van der Waals surface area contributed by atoms with Gasteiger partial charge >= 0.3 is 0 Å². The number of nitrogens with one attached hydrogen (secondary N) is 1. The normalized spacial score (nSPS) is 15.5. The number of hydrogen-bond acceptors (Lipinski definition) is 5. The molecule has 1 aliphatic rings. The highest BCUT2D eigenvalue weighted by Crippen LogP contribution is 2.40. The standard InChI is InChI=1S/C24H22N6O/c1-14-9-10-18(11-15(14)2)19-12-21(31)27-23-22(19)16(3)29-30(23)24-26-20(13-25-28-24)17-7-5-4-6-8-17/h4-11,13,19H,12H2,1-3H3,(H,27,31). The number of carbonyl (C=O) groups is 1. The summed E-state index contributed by atoms with van der Waals surface area (Å²) in [6, 6.07) is 16.1. The van der Waals surface area contributed by atoms with E-state index in [0.29, 0.717) is 23.9 Å². The molecule has 0 saturated heterocycles. The Balaban J connectivity index is 1.63. The van der Waals surface area contributed by atoms with Gasteiger partial charge in [-0.2, -0.15) is 14.9 Å². The van der Waals surface area contributed by atoms with Crippen LogP contribution in [0.1, 0.15) is 40.3 Å². The zero-order valence-electron chi connectivity index (χ0n) is 17.6. The second kappa shape index (κ2) is 7.43. The first-order chi connectivity index (χ1) is 15.0. The Kier molecular flexibility index (Phi) is 4.58. The lowest BCUT2D eigenvalue weighted by atomic mass is 9.84. The number of nitrogens with zero attached hydrogens (tertiary/aromatic N) is 5. The van der Waals surface area contributed by atoms with Crippen molar-refractivity contribution in [2.24, 2.45) is 0 Å². The molecule has 4 aromatic rings. The molecule has 2 aromatic heterocycles. The van der Waals surface area contributed by atoms with Crippen molar-refractivity contribution in [3.05, 3.63) is 82.7 Å². The third-order valence-corrected chi connectivity index (χ3v) is 5.84. The molecule has 31 heavy (non-hydrogen) atoms. The van der Waals surface area contributed by atoms with Crippen LogP contribution in [0.15, 0.2) is 54.7 Å². The number of fused-ring (bicyclic) bond motifs is 1. The number of carbonyl (C=O) groups excluding carboxylic acids is 1. The SMILES string of the molecule is Cc1ccc(C2CC(=O)Nc3c2c(C)nn3-c2nncc(-c3ccccc3)n2)cc1C. The van der Waals surface area contributed by atoms with E-state index in [4.69, 9.17) is 0 Å². The number of aromatic nitrogens is 5. The van der Waals surface area contributed by atoms with Crippen LogP contribution in [0.3, 0.4) is 0 Å². The Bertz CT molecular complexity index is 1290. The van der Waals surface area contributed by atoms with E-state index in [2.05, 4.69) is 57.6 Å². The fourth-order valence-electron chi connectivity index (χ4n) is 4.09. The van der Waals surface area contributed by atoms with Crippen molar-refractivity contribution in [1.82, 2.24) is 25.0 Å². The zero-order chi connectivity index (χ0) is 21.5. The Morgan fingerprint density at radius 2 is 1.84 bits per heavy atom. The van der Waals surface area contributed by atoms with Crippen molar-refractivity contribution in [3.8, 4) is 17.2 Å². The molecule has 2 aromatic carbocycles. The van der Waals surface area contributed by atoms with Crippen molar-refractivity contribution in [2.75, 3.05) is 5.32 Å². The summed E-state index contributed by atoms with van der Waals surface area (Å²) in [5.41, 5.74) is 7.02. The van der Waals surface area contributed by atoms with Gasteiger partial charge in [-0.25, -0.2) is 4.98 Å². The number of aryl methyl sites for hydroxylation is 3. The molecule has 154 valence electrons. The molecule has 0 spiro atoms. The molecule has 0 saturated carbocycles. The maximum absolute atomic E-state index is 12.6. The van der Waals surface area contributed by atoms with Crippen molar-refractivity contribution in [3.63, 3.8) is 0 Å². The van der Waals surface area contributed by atoms with Gasteiger partial charge in [-0.05, 0) is 37.5 Å². The van der Waals surface area contributed by atoms with Crippen LogP contribution in [0.5, 0.6) is 0 Å². The number of anilines is 1. The summed E-state index contributed by atoms with van der Waals surface area (Å²) in [6.07, 6.45) is 2.00. The van der Waals surface area contributed by atoms with Crippen LogP contribution in [0, 0.1) is 20.8 Å². The fourth-order valence-corrected chi connectivity index (χ4v) is 4.09. The first kappa shape index (κ1) is 19.1. The van der Waals surface area contributed by atoms with Crippen molar-refractivity contribution < 1.29 is 4.79 Å². The molecule has 0 fully saturated rings. The molecule has 3 heterocycles. The second-order valence-corrected chi connectivity index (χ2v) is 7.92. The van der Waals surface area contributed by atoms with Crippen LogP contribution in [0.4, 0.5) is 5.82 Å². The van der Waals surface area contributed by atoms with Crippen molar-refractivity contribution >= 4 is 11.7 Å². The third kappa shape index (κ3) is 3.38. The lowest BCUT2D eigenvalue weighted by Crippen LogP contribution is -2.25. The molecule has 0 bridgehead atoms. The number of benzene rings is 2. The minimum atomic E-state index is -0.0675. The van der Waals surface area contributed by atoms with E-state index in [9.17, 15) is 4.79 Å². The molecule has 5 rings (SSSR count). The largest absolute Gasteiger partial charge is 0.310 e. The van der Waals surface area contributed by atoms with Crippen molar-refractivity contribution in [1.29, 1.82) is 0 Å². The minimum Gasteiger partial charge on any atom is -0.310 e. The highest BCUT2D eigenvalue weighted by molar-refractivity contribution is 5.95. The molecular weight excluding hydrogens is 388 g/mol. The van der Waals surface area contributed by atoms with Gasteiger partial charge in [-0.3, -0.25) is 4.79 Å². The molecule has 1 N–H and O–H groups in total. The fraction of sp³-hybridized carbons (Fsp3) is 0.208. The first-order valence-electron chi connectivity index (χ1n) is 10.2. The molecule has 7 nitrogen and oxygen atoms in total. The van der Waals surface area contributed by atoms with E-state index in [1.54, 1.807) is 10.9 Å². The van der Waals surface area contributed by atoms with Gasteiger partial charge in [0, 0.05) is 23.5 Å². The first-order valence-corrected chi connectivity index (χ1v) is 10.2. The maximum Gasteiger partial charge on any atom is 0.272 e. The van der Waals surface area contributed by atoms with Crippen LogP contribution in [-0.2, 0) is 4.79 Å². The van der Waals surface area contributed by atoms with Gasteiger partial charge in [-0.15, -0.1) is 5.10 Å². The Morgan fingerprint density at radius 3 is 2.61 bits per heavy atom. The molecule has 1 atom stereocenters. The molecule has 1 amide bonds. The topological polar surface area (TPSA) is 85.6 Å². The van der Waals surface area contributed by atoms with Gasteiger partial charge < -0.3 is 5.32 Å².